The molecular formula is C24H23FN6. The summed E-state index contributed by atoms with van der Waals surface area (Å²) in [6, 6.07) is 15.6. The molecule has 156 valence electrons. The molecule has 1 N–H and O–H groups in total. The van der Waals surface area contributed by atoms with Crippen molar-refractivity contribution in [3.8, 4) is 5.69 Å². The van der Waals surface area contributed by atoms with Gasteiger partial charge in [0, 0.05) is 30.0 Å². The molecule has 2 aromatic heterocycles. The van der Waals surface area contributed by atoms with Crippen LogP contribution in [0.3, 0.4) is 0 Å². The van der Waals surface area contributed by atoms with Crippen molar-refractivity contribution in [1.29, 1.82) is 0 Å². The monoisotopic (exact) mass is 414 g/mol. The summed E-state index contributed by atoms with van der Waals surface area (Å²) in [7, 11) is 0. The summed E-state index contributed by atoms with van der Waals surface area (Å²) >= 11 is 0. The largest absolute Gasteiger partial charge is 0.366 e. The van der Waals surface area contributed by atoms with Crippen molar-refractivity contribution >= 4 is 22.5 Å². The molecule has 0 radical (unpaired) electrons. The Hall–Kier alpha value is -3.48. The highest BCUT2D eigenvalue weighted by molar-refractivity contribution is 5.84. The van der Waals surface area contributed by atoms with Crippen molar-refractivity contribution in [2.24, 2.45) is 5.92 Å². The average molecular weight is 414 g/mol. The molecule has 2 fully saturated rings. The zero-order chi connectivity index (χ0) is 20.8. The summed E-state index contributed by atoms with van der Waals surface area (Å²) in [5, 5.41) is 9.20. The fourth-order valence-electron chi connectivity index (χ4n) is 4.82. The third-order valence-electron chi connectivity index (χ3n) is 6.39. The summed E-state index contributed by atoms with van der Waals surface area (Å²) in [6.07, 6.45) is 9.06. The highest BCUT2D eigenvalue weighted by atomic mass is 19.1. The summed E-state index contributed by atoms with van der Waals surface area (Å²) in [6.45, 7) is 1.00. The minimum atomic E-state index is -0.244. The maximum absolute atomic E-state index is 13.3. The van der Waals surface area contributed by atoms with Gasteiger partial charge in [0.25, 0.3) is 0 Å². The number of aromatic nitrogens is 4. The number of halogens is 1. The Morgan fingerprint density at radius 1 is 0.935 bits per heavy atom. The van der Waals surface area contributed by atoms with Crippen LogP contribution >= 0.6 is 0 Å². The molecule has 6 rings (SSSR count). The second-order valence-electron chi connectivity index (χ2n) is 8.41. The number of nitrogens with zero attached hydrogens (tertiary/aromatic N) is 5. The Morgan fingerprint density at radius 2 is 1.71 bits per heavy atom. The van der Waals surface area contributed by atoms with E-state index in [1.54, 1.807) is 24.5 Å². The lowest BCUT2D eigenvalue weighted by Crippen LogP contribution is -2.40. The van der Waals surface area contributed by atoms with E-state index in [1.807, 2.05) is 16.9 Å². The van der Waals surface area contributed by atoms with Gasteiger partial charge in [-0.1, -0.05) is 0 Å². The smallest absolute Gasteiger partial charge is 0.222 e. The molecule has 2 aliphatic rings. The van der Waals surface area contributed by atoms with E-state index in [9.17, 15) is 4.39 Å². The molecule has 6 nitrogen and oxygen atoms in total. The Balaban J connectivity index is 1.29. The maximum atomic E-state index is 13.3. The van der Waals surface area contributed by atoms with Gasteiger partial charge in [-0.05, 0) is 73.7 Å². The van der Waals surface area contributed by atoms with Crippen LogP contribution < -0.4 is 10.2 Å². The number of anilines is 2. The molecule has 0 bridgehead atoms. The van der Waals surface area contributed by atoms with E-state index >= 15 is 0 Å². The molecule has 1 saturated carbocycles. The lowest BCUT2D eigenvalue weighted by molar-refractivity contribution is 0.546. The Labute approximate surface area is 179 Å². The van der Waals surface area contributed by atoms with Gasteiger partial charge < -0.3 is 10.2 Å². The number of rotatable bonds is 5. The Kier molecular flexibility index (Phi) is 4.33. The molecule has 2 atom stereocenters. The van der Waals surface area contributed by atoms with Gasteiger partial charge in [-0.2, -0.15) is 5.10 Å². The lowest BCUT2D eigenvalue weighted by Gasteiger charge is -2.30. The van der Waals surface area contributed by atoms with E-state index in [4.69, 9.17) is 0 Å². The van der Waals surface area contributed by atoms with Crippen LogP contribution in [0.15, 0.2) is 67.1 Å². The first-order valence-electron chi connectivity index (χ1n) is 10.8. The number of hydrogen-bond donors (Lipinski definition) is 1. The summed E-state index contributed by atoms with van der Waals surface area (Å²) < 4.78 is 15.2. The predicted molar refractivity (Wildman–Crippen MR) is 119 cm³/mol. The maximum Gasteiger partial charge on any atom is 0.222 e. The Morgan fingerprint density at radius 3 is 2.48 bits per heavy atom. The van der Waals surface area contributed by atoms with Gasteiger partial charge in [0.05, 0.1) is 29.5 Å². The third kappa shape index (κ3) is 3.40. The molecular weight excluding hydrogens is 391 g/mol. The first-order chi connectivity index (χ1) is 15.3. The van der Waals surface area contributed by atoms with Crippen LogP contribution in [0.5, 0.6) is 0 Å². The van der Waals surface area contributed by atoms with Crippen LogP contribution in [0.2, 0.25) is 0 Å². The molecule has 4 aromatic rings. The van der Waals surface area contributed by atoms with Crippen molar-refractivity contribution < 1.29 is 4.39 Å². The quantitative estimate of drug-likeness (QED) is 0.524. The molecule has 7 heteroatoms. The van der Waals surface area contributed by atoms with Gasteiger partial charge in [0.1, 0.15) is 5.82 Å². The van der Waals surface area contributed by atoms with Crippen LogP contribution in [-0.4, -0.2) is 38.4 Å². The number of benzene rings is 2. The van der Waals surface area contributed by atoms with Gasteiger partial charge in [-0.15, -0.1) is 0 Å². The van der Waals surface area contributed by atoms with Gasteiger partial charge in [-0.3, -0.25) is 0 Å². The van der Waals surface area contributed by atoms with E-state index in [-0.39, 0.29) is 5.82 Å². The van der Waals surface area contributed by atoms with Crippen LogP contribution in [-0.2, 0) is 0 Å². The third-order valence-corrected chi connectivity index (χ3v) is 6.39. The van der Waals surface area contributed by atoms with E-state index < -0.39 is 0 Å². The molecule has 1 unspecified atom stereocenters. The van der Waals surface area contributed by atoms with E-state index in [1.165, 1.54) is 30.7 Å². The molecule has 1 saturated heterocycles. The minimum absolute atomic E-state index is 0.244. The summed E-state index contributed by atoms with van der Waals surface area (Å²) in [5.74, 6) is 1.17. The van der Waals surface area contributed by atoms with Crippen molar-refractivity contribution in [2.45, 2.75) is 31.3 Å². The summed E-state index contributed by atoms with van der Waals surface area (Å²) in [4.78, 5) is 11.2. The highest BCUT2D eigenvalue weighted by Gasteiger charge is 2.44. The molecule has 1 aliphatic heterocycles. The number of fused-ring (bicyclic) bond motifs is 1. The predicted octanol–water partition coefficient (Wildman–Crippen LogP) is 4.42. The molecule has 31 heavy (non-hydrogen) atoms. The number of nitrogens with one attached hydrogen (secondary N) is 1. The van der Waals surface area contributed by atoms with Crippen molar-refractivity contribution in [1.82, 2.24) is 19.7 Å². The van der Waals surface area contributed by atoms with Crippen LogP contribution in [0.1, 0.15) is 19.3 Å². The van der Waals surface area contributed by atoms with Crippen LogP contribution in [0.25, 0.3) is 16.6 Å². The van der Waals surface area contributed by atoms with Gasteiger partial charge in [0.2, 0.25) is 5.95 Å². The van der Waals surface area contributed by atoms with Crippen molar-refractivity contribution in [3.63, 3.8) is 0 Å². The second kappa shape index (κ2) is 7.34. The second-order valence-corrected chi connectivity index (χ2v) is 8.41. The van der Waals surface area contributed by atoms with Gasteiger partial charge in [-0.25, -0.2) is 19.0 Å². The van der Waals surface area contributed by atoms with Crippen LogP contribution in [0.4, 0.5) is 16.0 Å². The molecule has 0 spiro atoms. The van der Waals surface area contributed by atoms with E-state index in [0.717, 1.165) is 29.6 Å². The number of hydrogen-bond acceptors (Lipinski definition) is 5. The fraction of sp³-hybridized carbons (Fsp3) is 0.292. The van der Waals surface area contributed by atoms with E-state index in [0.29, 0.717) is 23.9 Å². The average Bonchev–Trinajstić information content (AvgIpc) is 3.42. The lowest BCUT2D eigenvalue weighted by atomic mass is 10.0. The van der Waals surface area contributed by atoms with Gasteiger partial charge in [0.15, 0.2) is 0 Å². The van der Waals surface area contributed by atoms with Crippen molar-refractivity contribution in [2.75, 3.05) is 16.8 Å². The minimum Gasteiger partial charge on any atom is -0.366 e. The topological polar surface area (TPSA) is 58.9 Å². The normalized spacial score (nSPS) is 21.0. The zero-order valence-electron chi connectivity index (χ0n) is 17.0. The first-order valence-corrected chi connectivity index (χ1v) is 10.8. The standard InChI is InChI=1S/C24H23FN6/c25-18-4-6-19(7-5-18)31-22-9-8-20(14-17(22)15-28-31)30-13-10-21(23(30)16-2-3-16)29-24-26-11-1-12-27-24/h1,4-9,11-12,14-16,21,23H,2-3,10,13H2,(H,26,27,29)/t21-,23?/m0/s1. The Bertz CT molecular complexity index is 1200. The molecule has 0 amide bonds. The highest BCUT2D eigenvalue weighted by Crippen LogP contribution is 2.43. The van der Waals surface area contributed by atoms with E-state index in [2.05, 4.69) is 43.5 Å². The van der Waals surface area contributed by atoms with Gasteiger partial charge >= 0.3 is 0 Å². The first kappa shape index (κ1) is 18.3. The molecule has 1 aliphatic carbocycles. The molecule has 3 heterocycles. The fourth-order valence-corrected chi connectivity index (χ4v) is 4.82. The zero-order valence-corrected chi connectivity index (χ0v) is 17.0. The SMILES string of the molecule is Fc1ccc(-n2ncc3cc(N4CC[C@H](Nc5ncccn5)C4C4CC4)ccc32)cc1. The molecule has 2 aromatic carbocycles. The van der Waals surface area contributed by atoms with Crippen molar-refractivity contribution in [3.05, 3.63) is 72.9 Å². The van der Waals surface area contributed by atoms with Crippen LogP contribution in [0, 0.1) is 11.7 Å². The summed E-state index contributed by atoms with van der Waals surface area (Å²) in [5.41, 5.74) is 3.10.